The quantitative estimate of drug-likeness (QED) is 0.737. The molecule has 1 fully saturated rings. The zero-order valence-electron chi connectivity index (χ0n) is 12.2. The molecule has 0 aromatic rings. The van der Waals surface area contributed by atoms with Gasteiger partial charge in [0.05, 0.1) is 0 Å². The van der Waals surface area contributed by atoms with Gasteiger partial charge < -0.3 is 10.1 Å². The Bertz CT molecular complexity index is 193. The predicted octanol–water partition coefficient (Wildman–Crippen LogP) is 3.46. The molecule has 0 radical (unpaired) electrons. The summed E-state index contributed by atoms with van der Waals surface area (Å²) in [5.74, 6) is 2.37. The fourth-order valence-corrected chi connectivity index (χ4v) is 2.97. The molecule has 0 aliphatic carbocycles. The highest BCUT2D eigenvalue weighted by molar-refractivity contribution is 4.82. The minimum Gasteiger partial charge on any atom is -0.381 e. The molecule has 1 heterocycles. The van der Waals surface area contributed by atoms with Crippen molar-refractivity contribution in [3.05, 3.63) is 0 Å². The summed E-state index contributed by atoms with van der Waals surface area (Å²) < 4.78 is 5.56. The highest BCUT2D eigenvalue weighted by atomic mass is 16.5. The molecule has 102 valence electrons. The maximum atomic E-state index is 5.56. The Morgan fingerprint density at radius 1 is 1.29 bits per heavy atom. The van der Waals surface area contributed by atoms with Gasteiger partial charge in [-0.15, -0.1) is 0 Å². The van der Waals surface area contributed by atoms with Crippen LogP contribution in [0.1, 0.15) is 53.4 Å². The molecule has 1 N–H and O–H groups in total. The summed E-state index contributed by atoms with van der Waals surface area (Å²) in [5.41, 5.74) is 0. The van der Waals surface area contributed by atoms with Crippen LogP contribution in [0.5, 0.6) is 0 Å². The third kappa shape index (κ3) is 5.39. The molecule has 0 spiro atoms. The Hall–Kier alpha value is -0.0800. The van der Waals surface area contributed by atoms with E-state index in [2.05, 4.69) is 33.0 Å². The highest BCUT2D eigenvalue weighted by Gasteiger charge is 2.28. The molecular formula is C15H31NO. The molecule has 0 bridgehead atoms. The smallest absolute Gasteiger partial charge is 0.0494 e. The van der Waals surface area contributed by atoms with Gasteiger partial charge in [0.15, 0.2) is 0 Å². The van der Waals surface area contributed by atoms with Crippen molar-refractivity contribution in [2.45, 2.75) is 59.4 Å². The fourth-order valence-electron chi connectivity index (χ4n) is 2.97. The largest absolute Gasteiger partial charge is 0.381 e. The first-order chi connectivity index (χ1) is 8.15. The van der Waals surface area contributed by atoms with Crippen LogP contribution < -0.4 is 5.32 Å². The number of hydrogen-bond donors (Lipinski definition) is 1. The van der Waals surface area contributed by atoms with E-state index >= 15 is 0 Å². The van der Waals surface area contributed by atoms with Crippen LogP contribution in [0.3, 0.4) is 0 Å². The average Bonchev–Trinajstić information content (AvgIpc) is 2.28. The molecule has 1 aliphatic rings. The lowest BCUT2D eigenvalue weighted by Gasteiger charge is -2.36. The van der Waals surface area contributed by atoms with E-state index in [9.17, 15) is 0 Å². The van der Waals surface area contributed by atoms with Gasteiger partial charge >= 0.3 is 0 Å². The summed E-state index contributed by atoms with van der Waals surface area (Å²) in [6.07, 6.45) is 5.29. The summed E-state index contributed by atoms with van der Waals surface area (Å²) in [4.78, 5) is 0. The Morgan fingerprint density at radius 2 is 2.06 bits per heavy atom. The van der Waals surface area contributed by atoms with Crippen molar-refractivity contribution in [2.75, 3.05) is 19.8 Å². The van der Waals surface area contributed by atoms with Gasteiger partial charge in [-0.25, -0.2) is 0 Å². The van der Waals surface area contributed by atoms with Crippen LogP contribution in [0.25, 0.3) is 0 Å². The summed E-state index contributed by atoms with van der Waals surface area (Å²) >= 11 is 0. The monoisotopic (exact) mass is 241 g/mol. The molecule has 3 unspecified atom stereocenters. The molecule has 3 atom stereocenters. The van der Waals surface area contributed by atoms with Crippen LogP contribution in [0, 0.1) is 17.8 Å². The second-order valence-corrected chi connectivity index (χ2v) is 5.99. The van der Waals surface area contributed by atoms with E-state index in [1.165, 1.54) is 25.7 Å². The SMILES string of the molecule is CCNC(CCCC(C)C)C1CCOCC1C. The molecule has 0 aromatic heterocycles. The third-order valence-corrected chi connectivity index (χ3v) is 3.99. The summed E-state index contributed by atoms with van der Waals surface area (Å²) in [6.45, 7) is 12.2. The second kappa shape index (κ2) is 8.10. The molecule has 2 nitrogen and oxygen atoms in total. The molecule has 1 aliphatic heterocycles. The Balaban J connectivity index is 2.39. The second-order valence-electron chi connectivity index (χ2n) is 5.99. The topological polar surface area (TPSA) is 21.3 Å². The van der Waals surface area contributed by atoms with Gasteiger partial charge in [0.1, 0.15) is 0 Å². The van der Waals surface area contributed by atoms with E-state index in [0.717, 1.165) is 31.6 Å². The number of hydrogen-bond acceptors (Lipinski definition) is 2. The lowest BCUT2D eigenvalue weighted by atomic mass is 9.81. The van der Waals surface area contributed by atoms with Crippen LogP contribution in [0.2, 0.25) is 0 Å². The van der Waals surface area contributed by atoms with Gasteiger partial charge in [0, 0.05) is 19.3 Å². The van der Waals surface area contributed by atoms with E-state index in [1.54, 1.807) is 0 Å². The van der Waals surface area contributed by atoms with E-state index < -0.39 is 0 Å². The van der Waals surface area contributed by atoms with Crippen molar-refractivity contribution in [1.82, 2.24) is 5.32 Å². The molecule has 17 heavy (non-hydrogen) atoms. The lowest BCUT2D eigenvalue weighted by molar-refractivity contribution is 0.00960. The van der Waals surface area contributed by atoms with E-state index in [1.807, 2.05) is 0 Å². The zero-order valence-corrected chi connectivity index (χ0v) is 12.2. The number of rotatable bonds is 7. The molecule has 1 rings (SSSR count). The average molecular weight is 241 g/mol. The van der Waals surface area contributed by atoms with Crippen molar-refractivity contribution >= 4 is 0 Å². The van der Waals surface area contributed by atoms with E-state index in [4.69, 9.17) is 4.74 Å². The maximum Gasteiger partial charge on any atom is 0.0494 e. The molecule has 0 aromatic carbocycles. The maximum absolute atomic E-state index is 5.56. The first kappa shape index (κ1) is 15.0. The Morgan fingerprint density at radius 3 is 2.65 bits per heavy atom. The van der Waals surface area contributed by atoms with Crippen LogP contribution >= 0.6 is 0 Å². The van der Waals surface area contributed by atoms with Gasteiger partial charge in [-0.2, -0.15) is 0 Å². The van der Waals surface area contributed by atoms with Gasteiger partial charge in [0.2, 0.25) is 0 Å². The van der Waals surface area contributed by atoms with Gasteiger partial charge in [-0.1, -0.05) is 40.5 Å². The van der Waals surface area contributed by atoms with Crippen molar-refractivity contribution in [3.8, 4) is 0 Å². The van der Waals surface area contributed by atoms with Crippen LogP contribution in [-0.2, 0) is 4.74 Å². The molecule has 2 heteroatoms. The van der Waals surface area contributed by atoms with Gasteiger partial charge in [0.25, 0.3) is 0 Å². The van der Waals surface area contributed by atoms with Crippen molar-refractivity contribution < 1.29 is 4.74 Å². The third-order valence-electron chi connectivity index (χ3n) is 3.99. The Labute approximate surface area is 108 Å². The van der Waals surface area contributed by atoms with Crippen LogP contribution in [0.4, 0.5) is 0 Å². The van der Waals surface area contributed by atoms with Crippen molar-refractivity contribution in [3.63, 3.8) is 0 Å². The minimum absolute atomic E-state index is 0.706. The van der Waals surface area contributed by atoms with Crippen molar-refractivity contribution in [2.24, 2.45) is 17.8 Å². The number of ether oxygens (including phenoxy) is 1. The lowest BCUT2D eigenvalue weighted by Crippen LogP contribution is -2.43. The summed E-state index contributed by atoms with van der Waals surface area (Å²) in [5, 5.41) is 3.70. The Kier molecular flexibility index (Phi) is 7.14. The summed E-state index contributed by atoms with van der Waals surface area (Å²) in [6, 6.07) is 0.706. The summed E-state index contributed by atoms with van der Waals surface area (Å²) in [7, 11) is 0. The van der Waals surface area contributed by atoms with E-state index in [-0.39, 0.29) is 0 Å². The standard InChI is InChI=1S/C15H31NO/c1-5-16-15(8-6-7-12(2)3)14-9-10-17-11-13(14)4/h12-16H,5-11H2,1-4H3. The molecular weight excluding hydrogens is 210 g/mol. The molecule has 0 saturated carbocycles. The first-order valence-corrected chi connectivity index (χ1v) is 7.46. The predicted molar refractivity (Wildman–Crippen MR) is 74.2 cm³/mol. The van der Waals surface area contributed by atoms with Crippen LogP contribution in [0.15, 0.2) is 0 Å². The van der Waals surface area contributed by atoms with Crippen LogP contribution in [-0.4, -0.2) is 25.8 Å². The van der Waals surface area contributed by atoms with Crippen molar-refractivity contribution in [1.29, 1.82) is 0 Å². The fraction of sp³-hybridized carbons (Fsp3) is 1.00. The first-order valence-electron chi connectivity index (χ1n) is 7.46. The molecule has 0 amide bonds. The molecule has 1 saturated heterocycles. The van der Waals surface area contributed by atoms with Gasteiger partial charge in [-0.3, -0.25) is 0 Å². The van der Waals surface area contributed by atoms with Gasteiger partial charge in [-0.05, 0) is 37.1 Å². The normalized spacial score (nSPS) is 27.4. The highest BCUT2D eigenvalue weighted by Crippen LogP contribution is 2.27. The zero-order chi connectivity index (χ0) is 12.7. The minimum atomic E-state index is 0.706. The van der Waals surface area contributed by atoms with E-state index in [0.29, 0.717) is 12.0 Å². The number of nitrogens with one attached hydrogen (secondary N) is 1.